The summed E-state index contributed by atoms with van der Waals surface area (Å²) in [4.78, 5) is 43.9. The predicted octanol–water partition coefficient (Wildman–Crippen LogP) is 3.28. The summed E-state index contributed by atoms with van der Waals surface area (Å²) >= 11 is 0. The number of anilines is 3. The van der Waals surface area contributed by atoms with Gasteiger partial charge in [-0.3, -0.25) is 14.5 Å². The van der Waals surface area contributed by atoms with Gasteiger partial charge < -0.3 is 26.0 Å². The Labute approximate surface area is 233 Å². The van der Waals surface area contributed by atoms with Crippen LogP contribution in [0.4, 0.5) is 17.1 Å². The molecule has 40 heavy (non-hydrogen) atoms. The molecule has 0 atom stereocenters. The molecule has 3 aromatic rings. The third-order valence-electron chi connectivity index (χ3n) is 7.56. The van der Waals surface area contributed by atoms with E-state index in [0.29, 0.717) is 29.1 Å². The monoisotopic (exact) mass is 539 g/mol. The van der Waals surface area contributed by atoms with E-state index in [9.17, 15) is 19.5 Å². The lowest BCUT2D eigenvalue weighted by Gasteiger charge is -2.32. The third-order valence-corrected chi connectivity index (χ3v) is 7.56. The van der Waals surface area contributed by atoms with Crippen LogP contribution < -0.4 is 16.0 Å². The van der Waals surface area contributed by atoms with Gasteiger partial charge >= 0.3 is 5.97 Å². The highest BCUT2D eigenvalue weighted by molar-refractivity contribution is 6.32. The summed E-state index contributed by atoms with van der Waals surface area (Å²) in [6.07, 6.45) is 0.198. The fourth-order valence-electron chi connectivity index (χ4n) is 5.07. The van der Waals surface area contributed by atoms with Gasteiger partial charge in [-0.25, -0.2) is 4.79 Å². The molecule has 9 nitrogen and oxygen atoms in total. The number of carbonyl (C=O) groups excluding carboxylic acids is 2. The number of fused-ring (bicyclic) bond motifs is 1. The highest BCUT2D eigenvalue weighted by Crippen LogP contribution is 2.37. The van der Waals surface area contributed by atoms with Crippen LogP contribution in [0.2, 0.25) is 0 Å². The number of piperazine rings is 1. The summed E-state index contributed by atoms with van der Waals surface area (Å²) in [6, 6.07) is 19.4. The van der Waals surface area contributed by atoms with Crippen LogP contribution in [0.3, 0.4) is 0 Å². The molecule has 4 N–H and O–H groups in total. The number of nitrogen functional groups attached to an aromatic ring is 1. The fourth-order valence-corrected chi connectivity index (χ4v) is 5.07. The number of ketones is 1. The van der Waals surface area contributed by atoms with E-state index in [1.807, 2.05) is 36.4 Å². The van der Waals surface area contributed by atoms with Crippen LogP contribution in [0.15, 0.2) is 66.7 Å². The number of amides is 1. The van der Waals surface area contributed by atoms with Crippen molar-refractivity contribution in [3.8, 4) is 0 Å². The van der Waals surface area contributed by atoms with Crippen LogP contribution in [-0.2, 0) is 16.0 Å². The maximum atomic E-state index is 13.3. The van der Waals surface area contributed by atoms with Crippen molar-refractivity contribution in [3.05, 3.63) is 89.0 Å². The molecule has 1 aliphatic heterocycles. The lowest BCUT2D eigenvalue weighted by molar-refractivity contribution is -0.119. The van der Waals surface area contributed by atoms with Crippen molar-refractivity contribution in [2.24, 2.45) is 0 Å². The van der Waals surface area contributed by atoms with Crippen molar-refractivity contribution in [2.75, 3.05) is 62.8 Å². The Kier molecular flexibility index (Phi) is 7.68. The summed E-state index contributed by atoms with van der Waals surface area (Å²) < 4.78 is 0. The molecule has 3 aromatic carbocycles. The van der Waals surface area contributed by atoms with E-state index < -0.39 is 5.97 Å². The van der Waals surface area contributed by atoms with Gasteiger partial charge in [0.1, 0.15) is 0 Å². The minimum absolute atomic E-state index is 0.0253. The maximum Gasteiger partial charge on any atom is 0.335 e. The second kappa shape index (κ2) is 11.3. The number of nitrogens with one attached hydrogen (secondary N) is 1. The van der Waals surface area contributed by atoms with Crippen LogP contribution in [0.25, 0.3) is 11.3 Å². The number of nitrogens with two attached hydrogens (primary N) is 1. The number of hydrogen-bond donors (Lipinski definition) is 3. The molecule has 0 bridgehead atoms. The van der Waals surface area contributed by atoms with E-state index in [0.717, 1.165) is 48.7 Å². The minimum atomic E-state index is -1.05. The van der Waals surface area contributed by atoms with E-state index >= 15 is 0 Å². The number of rotatable bonds is 7. The Bertz CT molecular complexity index is 1470. The van der Waals surface area contributed by atoms with Crippen molar-refractivity contribution >= 4 is 46.0 Å². The zero-order valence-electron chi connectivity index (χ0n) is 22.7. The molecule has 1 aliphatic carbocycles. The molecule has 206 valence electrons. The molecule has 0 radical (unpaired) electrons. The number of Topliss-reactive ketones (excluding diaryl/α,β-unsaturated/α-hetero) is 1. The minimum Gasteiger partial charge on any atom is -0.478 e. The second-order valence-corrected chi connectivity index (χ2v) is 10.4. The third kappa shape index (κ3) is 5.75. The number of allylic oxidation sites excluding steroid dienone is 1. The van der Waals surface area contributed by atoms with Crippen LogP contribution in [0.1, 0.15) is 27.0 Å². The zero-order chi connectivity index (χ0) is 28.4. The van der Waals surface area contributed by atoms with Crippen LogP contribution in [-0.4, -0.2) is 79.4 Å². The molecule has 2 aliphatic rings. The average molecular weight is 540 g/mol. The number of aromatic carboxylic acids is 1. The normalized spacial score (nSPS) is 16.9. The van der Waals surface area contributed by atoms with E-state index in [1.54, 1.807) is 36.2 Å². The SMILES string of the molecule is CN1CCN(CC(=O)N(C)c2ccc(N/C(=C3\C(=O)Cc4ccc(C(=O)O)cc43)c3ccc(N)cc3)cc2)CC1. The molecule has 0 spiro atoms. The van der Waals surface area contributed by atoms with Gasteiger partial charge in [0.05, 0.1) is 17.8 Å². The Balaban J connectivity index is 1.43. The lowest BCUT2D eigenvalue weighted by Crippen LogP contribution is -2.48. The number of benzene rings is 3. The summed E-state index contributed by atoms with van der Waals surface area (Å²) in [5.41, 5.74) is 11.3. The quantitative estimate of drug-likeness (QED) is 0.309. The largest absolute Gasteiger partial charge is 0.478 e. The Morgan fingerprint density at radius 3 is 2.25 bits per heavy atom. The fraction of sp³-hybridized carbons (Fsp3) is 0.258. The van der Waals surface area contributed by atoms with E-state index in [1.165, 1.54) is 6.07 Å². The molecule has 1 amide bonds. The molecule has 5 rings (SSSR count). The van der Waals surface area contributed by atoms with Crippen molar-refractivity contribution in [3.63, 3.8) is 0 Å². The highest BCUT2D eigenvalue weighted by Gasteiger charge is 2.29. The van der Waals surface area contributed by atoms with Gasteiger partial charge in [0.15, 0.2) is 5.78 Å². The summed E-state index contributed by atoms with van der Waals surface area (Å²) in [5.74, 6) is -1.12. The van der Waals surface area contributed by atoms with Crippen LogP contribution >= 0.6 is 0 Å². The first-order valence-corrected chi connectivity index (χ1v) is 13.2. The first-order chi connectivity index (χ1) is 19.2. The van der Waals surface area contributed by atoms with E-state index in [2.05, 4.69) is 22.2 Å². The standard InChI is InChI=1S/C31H33N5O4/c1-34-13-15-36(16-14-34)19-28(38)35(2)25-11-9-24(10-12-25)33-30(20-5-7-23(32)8-6-20)29-26-17-22(31(39)40)4-3-21(26)18-27(29)37/h3-12,17,33H,13-16,18-19,32H2,1-2H3,(H,39,40)/b30-29-. The van der Waals surface area contributed by atoms with Crippen LogP contribution in [0.5, 0.6) is 0 Å². The molecule has 0 saturated carbocycles. The molecule has 1 saturated heterocycles. The number of carboxylic acid groups (broad SMARTS) is 1. The Morgan fingerprint density at radius 1 is 0.950 bits per heavy atom. The summed E-state index contributed by atoms with van der Waals surface area (Å²) in [7, 11) is 3.86. The average Bonchev–Trinajstić information content (AvgIpc) is 3.28. The summed E-state index contributed by atoms with van der Waals surface area (Å²) in [6.45, 7) is 4.02. The van der Waals surface area contributed by atoms with E-state index in [4.69, 9.17) is 5.73 Å². The van der Waals surface area contributed by atoms with Gasteiger partial charge in [0.2, 0.25) is 5.91 Å². The van der Waals surface area contributed by atoms with Crippen molar-refractivity contribution in [1.29, 1.82) is 0 Å². The molecule has 0 aromatic heterocycles. The molecular formula is C31H33N5O4. The van der Waals surface area contributed by atoms with Crippen LogP contribution in [0, 0.1) is 0 Å². The smallest absolute Gasteiger partial charge is 0.335 e. The van der Waals surface area contributed by atoms with Gasteiger partial charge in [-0.1, -0.05) is 18.2 Å². The van der Waals surface area contributed by atoms with Gasteiger partial charge in [0, 0.05) is 62.3 Å². The lowest BCUT2D eigenvalue weighted by atomic mass is 9.98. The van der Waals surface area contributed by atoms with Crippen molar-refractivity contribution in [2.45, 2.75) is 6.42 Å². The van der Waals surface area contributed by atoms with Crippen molar-refractivity contribution in [1.82, 2.24) is 9.80 Å². The Hall–Kier alpha value is -4.47. The molecule has 0 unspecified atom stereocenters. The maximum absolute atomic E-state index is 13.3. The van der Waals surface area contributed by atoms with Gasteiger partial charge in [-0.2, -0.15) is 0 Å². The van der Waals surface area contributed by atoms with Crippen molar-refractivity contribution < 1.29 is 19.5 Å². The number of carbonyl (C=O) groups is 3. The molecule has 9 heteroatoms. The number of hydrogen-bond acceptors (Lipinski definition) is 7. The number of nitrogens with zero attached hydrogens (tertiary/aromatic N) is 3. The number of likely N-dealkylation sites (N-methyl/N-ethyl adjacent to an activating group) is 2. The summed E-state index contributed by atoms with van der Waals surface area (Å²) in [5, 5.41) is 12.9. The topological polar surface area (TPSA) is 119 Å². The van der Waals surface area contributed by atoms with Gasteiger partial charge in [0.25, 0.3) is 0 Å². The Morgan fingerprint density at radius 2 is 1.60 bits per heavy atom. The number of carboxylic acids is 1. The van der Waals surface area contributed by atoms with Gasteiger partial charge in [-0.05, 0) is 72.3 Å². The molecule has 1 heterocycles. The second-order valence-electron chi connectivity index (χ2n) is 10.4. The zero-order valence-corrected chi connectivity index (χ0v) is 22.7. The predicted molar refractivity (Wildman–Crippen MR) is 157 cm³/mol. The first kappa shape index (κ1) is 27.1. The van der Waals surface area contributed by atoms with Gasteiger partial charge in [-0.15, -0.1) is 0 Å². The highest BCUT2D eigenvalue weighted by atomic mass is 16.4. The molecule has 1 fully saturated rings. The molecular weight excluding hydrogens is 506 g/mol. The first-order valence-electron chi connectivity index (χ1n) is 13.2. The van der Waals surface area contributed by atoms with E-state index in [-0.39, 0.29) is 23.7 Å².